The summed E-state index contributed by atoms with van der Waals surface area (Å²) in [4.78, 5) is 15.5. The number of carbonyl (C=O) groups is 1. The van der Waals surface area contributed by atoms with Crippen LogP contribution in [-0.2, 0) is 0 Å². The number of hydrogen-bond donors (Lipinski definition) is 2. The van der Waals surface area contributed by atoms with Gasteiger partial charge in [0.2, 0.25) is 0 Å². The highest BCUT2D eigenvalue weighted by atomic mass is 16.4. The third kappa shape index (κ3) is 3.00. The van der Waals surface area contributed by atoms with E-state index in [-0.39, 0.29) is 5.56 Å². The van der Waals surface area contributed by atoms with Gasteiger partial charge in [-0.1, -0.05) is 19.8 Å². The van der Waals surface area contributed by atoms with Crippen molar-refractivity contribution in [3.8, 4) is 0 Å². The SMILES string of the molecule is Cc1ccc(C(=O)O)c(NC2CCCC(C)C2)n1. The predicted molar refractivity (Wildman–Crippen MR) is 71.0 cm³/mol. The molecule has 2 N–H and O–H groups in total. The van der Waals surface area contributed by atoms with Crippen molar-refractivity contribution in [3.63, 3.8) is 0 Å². The number of carboxylic acids is 1. The van der Waals surface area contributed by atoms with Crippen LogP contribution in [0.25, 0.3) is 0 Å². The highest BCUT2D eigenvalue weighted by molar-refractivity contribution is 5.93. The zero-order chi connectivity index (χ0) is 13.1. The van der Waals surface area contributed by atoms with Crippen LogP contribution in [0.1, 0.15) is 48.7 Å². The summed E-state index contributed by atoms with van der Waals surface area (Å²) in [7, 11) is 0. The highest BCUT2D eigenvalue weighted by Gasteiger charge is 2.21. The monoisotopic (exact) mass is 248 g/mol. The van der Waals surface area contributed by atoms with Gasteiger partial charge in [0.15, 0.2) is 0 Å². The maximum Gasteiger partial charge on any atom is 0.339 e. The van der Waals surface area contributed by atoms with Crippen LogP contribution in [0.5, 0.6) is 0 Å². The number of aromatic carboxylic acids is 1. The van der Waals surface area contributed by atoms with E-state index in [0.29, 0.717) is 17.8 Å². The normalized spacial score (nSPS) is 23.7. The minimum absolute atomic E-state index is 0.263. The van der Waals surface area contributed by atoms with Crippen molar-refractivity contribution in [3.05, 3.63) is 23.4 Å². The van der Waals surface area contributed by atoms with E-state index in [0.717, 1.165) is 18.5 Å². The minimum atomic E-state index is -0.922. The molecule has 2 atom stereocenters. The summed E-state index contributed by atoms with van der Waals surface area (Å²) >= 11 is 0. The lowest BCUT2D eigenvalue weighted by atomic mass is 9.87. The van der Waals surface area contributed by atoms with Crippen LogP contribution in [0.3, 0.4) is 0 Å². The lowest BCUT2D eigenvalue weighted by Crippen LogP contribution is -2.27. The largest absolute Gasteiger partial charge is 0.478 e. The summed E-state index contributed by atoms with van der Waals surface area (Å²) in [5, 5.41) is 12.5. The van der Waals surface area contributed by atoms with E-state index in [1.54, 1.807) is 12.1 Å². The van der Waals surface area contributed by atoms with E-state index in [1.807, 2.05) is 6.92 Å². The Morgan fingerprint density at radius 2 is 2.22 bits per heavy atom. The second-order valence-electron chi connectivity index (χ2n) is 5.27. The number of aromatic nitrogens is 1. The van der Waals surface area contributed by atoms with E-state index in [2.05, 4.69) is 17.2 Å². The van der Waals surface area contributed by atoms with Crippen molar-refractivity contribution in [2.24, 2.45) is 5.92 Å². The maximum atomic E-state index is 11.2. The molecule has 2 rings (SSSR count). The Kier molecular flexibility index (Phi) is 3.84. The standard InChI is InChI=1S/C14H20N2O2/c1-9-4-3-5-11(8-9)16-13-12(14(17)18)7-6-10(2)15-13/h6-7,9,11H,3-5,8H2,1-2H3,(H,15,16)(H,17,18). The molecule has 0 saturated heterocycles. The third-order valence-corrected chi connectivity index (χ3v) is 3.54. The van der Waals surface area contributed by atoms with Gasteiger partial charge in [0.05, 0.1) is 0 Å². The zero-order valence-corrected chi connectivity index (χ0v) is 10.9. The first kappa shape index (κ1) is 12.9. The number of rotatable bonds is 3. The summed E-state index contributed by atoms with van der Waals surface area (Å²) in [6.07, 6.45) is 4.66. The van der Waals surface area contributed by atoms with Gasteiger partial charge >= 0.3 is 5.97 Å². The molecule has 1 saturated carbocycles. The number of hydrogen-bond acceptors (Lipinski definition) is 3. The van der Waals surface area contributed by atoms with E-state index in [4.69, 9.17) is 5.11 Å². The van der Waals surface area contributed by atoms with Gasteiger partial charge in [-0.05, 0) is 37.8 Å². The average molecular weight is 248 g/mol. The maximum absolute atomic E-state index is 11.2. The molecule has 1 aliphatic rings. The molecule has 0 spiro atoms. The number of anilines is 1. The second kappa shape index (κ2) is 5.38. The zero-order valence-electron chi connectivity index (χ0n) is 10.9. The number of pyridine rings is 1. The van der Waals surface area contributed by atoms with Crippen LogP contribution >= 0.6 is 0 Å². The van der Waals surface area contributed by atoms with Crippen molar-refractivity contribution in [2.75, 3.05) is 5.32 Å². The quantitative estimate of drug-likeness (QED) is 0.863. The smallest absolute Gasteiger partial charge is 0.339 e. The number of aryl methyl sites for hydroxylation is 1. The Bertz CT molecular complexity index is 445. The van der Waals surface area contributed by atoms with Gasteiger partial charge in [-0.15, -0.1) is 0 Å². The average Bonchev–Trinajstić information content (AvgIpc) is 2.28. The van der Waals surface area contributed by atoms with Gasteiger partial charge in [0, 0.05) is 11.7 Å². The fourth-order valence-corrected chi connectivity index (χ4v) is 2.60. The van der Waals surface area contributed by atoms with Crippen molar-refractivity contribution in [2.45, 2.75) is 45.6 Å². The Labute approximate surface area is 107 Å². The topological polar surface area (TPSA) is 62.2 Å². The van der Waals surface area contributed by atoms with Crippen molar-refractivity contribution in [1.82, 2.24) is 4.98 Å². The van der Waals surface area contributed by atoms with Crippen LogP contribution < -0.4 is 5.32 Å². The molecule has 1 aromatic rings. The van der Waals surface area contributed by atoms with Crippen LogP contribution in [0.2, 0.25) is 0 Å². The summed E-state index contributed by atoms with van der Waals surface area (Å²) in [5.74, 6) is 0.296. The molecule has 98 valence electrons. The van der Waals surface area contributed by atoms with Crippen LogP contribution in [-0.4, -0.2) is 22.1 Å². The van der Waals surface area contributed by atoms with Gasteiger partial charge in [0.1, 0.15) is 11.4 Å². The molecule has 0 bridgehead atoms. The first-order valence-electron chi connectivity index (χ1n) is 6.53. The fourth-order valence-electron chi connectivity index (χ4n) is 2.60. The number of nitrogens with one attached hydrogen (secondary N) is 1. The molecule has 2 unspecified atom stereocenters. The predicted octanol–water partition coefficient (Wildman–Crippen LogP) is 3.08. The molecule has 1 aromatic heterocycles. The van der Waals surface area contributed by atoms with Crippen molar-refractivity contribution >= 4 is 11.8 Å². The van der Waals surface area contributed by atoms with Crippen LogP contribution in [0.4, 0.5) is 5.82 Å². The van der Waals surface area contributed by atoms with E-state index in [9.17, 15) is 4.79 Å². The molecule has 1 heterocycles. The molecule has 0 amide bonds. The summed E-state index contributed by atoms with van der Waals surface area (Å²) in [6.45, 7) is 4.12. The third-order valence-electron chi connectivity index (χ3n) is 3.54. The minimum Gasteiger partial charge on any atom is -0.478 e. The number of nitrogens with zero attached hydrogens (tertiary/aromatic N) is 1. The van der Waals surface area contributed by atoms with Crippen LogP contribution in [0, 0.1) is 12.8 Å². The summed E-state index contributed by atoms with van der Waals surface area (Å²) in [5.41, 5.74) is 1.10. The van der Waals surface area contributed by atoms with Crippen LogP contribution in [0.15, 0.2) is 12.1 Å². The van der Waals surface area contributed by atoms with Gasteiger partial charge in [-0.2, -0.15) is 0 Å². The first-order valence-corrected chi connectivity index (χ1v) is 6.53. The molecular weight excluding hydrogens is 228 g/mol. The first-order chi connectivity index (χ1) is 8.56. The molecule has 1 fully saturated rings. The fraction of sp³-hybridized carbons (Fsp3) is 0.571. The molecular formula is C14H20N2O2. The van der Waals surface area contributed by atoms with Crippen molar-refractivity contribution in [1.29, 1.82) is 0 Å². The van der Waals surface area contributed by atoms with Gasteiger partial charge in [-0.25, -0.2) is 9.78 Å². The Hall–Kier alpha value is -1.58. The molecule has 0 radical (unpaired) electrons. The molecule has 4 heteroatoms. The van der Waals surface area contributed by atoms with E-state index < -0.39 is 5.97 Å². The number of carboxylic acid groups (broad SMARTS) is 1. The summed E-state index contributed by atoms with van der Waals surface area (Å²) < 4.78 is 0. The Morgan fingerprint density at radius 1 is 1.44 bits per heavy atom. The van der Waals surface area contributed by atoms with Crippen molar-refractivity contribution < 1.29 is 9.90 Å². The summed E-state index contributed by atoms with van der Waals surface area (Å²) in [6, 6.07) is 3.71. The van der Waals surface area contributed by atoms with Gasteiger partial charge < -0.3 is 10.4 Å². The molecule has 1 aliphatic carbocycles. The Balaban J connectivity index is 2.16. The Morgan fingerprint density at radius 3 is 2.89 bits per heavy atom. The molecule has 0 aromatic carbocycles. The highest BCUT2D eigenvalue weighted by Crippen LogP contribution is 2.26. The molecule has 0 aliphatic heterocycles. The molecule has 4 nitrogen and oxygen atoms in total. The van der Waals surface area contributed by atoms with E-state index in [1.165, 1.54) is 12.8 Å². The molecule has 18 heavy (non-hydrogen) atoms. The van der Waals surface area contributed by atoms with Gasteiger partial charge in [0.25, 0.3) is 0 Å². The van der Waals surface area contributed by atoms with E-state index >= 15 is 0 Å². The van der Waals surface area contributed by atoms with Gasteiger partial charge in [-0.3, -0.25) is 0 Å². The lowest BCUT2D eigenvalue weighted by Gasteiger charge is -2.28. The second-order valence-corrected chi connectivity index (χ2v) is 5.27. The lowest BCUT2D eigenvalue weighted by molar-refractivity contribution is 0.0697.